The third-order valence-electron chi connectivity index (χ3n) is 21.2. The van der Waals surface area contributed by atoms with Gasteiger partial charge in [0.05, 0.1) is 16.5 Å². The van der Waals surface area contributed by atoms with Crippen molar-refractivity contribution < 1.29 is 8.83 Å². The number of pyridine rings is 1. The number of benzene rings is 12. The van der Waals surface area contributed by atoms with E-state index in [1.807, 2.05) is 12.3 Å². The highest BCUT2D eigenvalue weighted by Gasteiger charge is 2.54. The zero-order valence-electron chi connectivity index (χ0n) is 50.7. The van der Waals surface area contributed by atoms with Gasteiger partial charge >= 0.3 is 0 Å². The number of rotatable bonds is 7. The topological polar surface area (TPSA) is 42.4 Å². The van der Waals surface area contributed by atoms with Crippen LogP contribution in [0.25, 0.3) is 88.4 Å². The molecule has 1 atom stereocenters. The van der Waals surface area contributed by atoms with Crippen LogP contribution in [-0.2, 0) is 21.7 Å². The monoisotopic (exact) mass is 1150 g/mol. The average molecular weight is 1150 g/mol. The molecule has 0 spiro atoms. The first-order valence-corrected chi connectivity index (χ1v) is 31.6. The lowest BCUT2D eigenvalue weighted by Gasteiger charge is -2.35. The lowest BCUT2D eigenvalue weighted by molar-refractivity contribution is 0.600. The molecule has 12 aromatic carbocycles. The van der Waals surface area contributed by atoms with Crippen LogP contribution in [-0.4, -0.2) is 4.98 Å². The second-order valence-corrected chi connectivity index (χ2v) is 26.4. The van der Waals surface area contributed by atoms with E-state index in [0.29, 0.717) is 0 Å². The van der Waals surface area contributed by atoms with Crippen LogP contribution in [0, 0.1) is 6.92 Å². The highest BCUT2D eigenvalue weighted by molar-refractivity contribution is 6.21. The van der Waals surface area contributed by atoms with E-state index in [-0.39, 0.29) is 5.41 Å². The zero-order chi connectivity index (χ0) is 60.0. The fraction of sp³-hybridized carbons (Fsp3) is 0.105. The molecule has 0 radical (unpaired) electrons. The normalized spacial score (nSPS) is 16.4. The molecule has 4 aliphatic carbocycles. The Bertz CT molecular complexity index is 5460. The number of hydrogen-bond acceptors (Lipinski definition) is 4. The SMILES string of the molecule is Cc1ccc(N(c2ccc3c(c2)C(C)(C)c2c4c(c5oc6ccccc6c5c2-3)-c2ccccc2C4(C)C)c2ccc3c(c2)C(c2ccccc2)(c2ccccn2)c2cc4c(cc2-3)C(c2ccccc2)(c2ccccc2)c2ccc3oc5ccccc5c3c2-4)cc1. The number of nitrogens with zero attached hydrogens (tertiary/aromatic N) is 2. The van der Waals surface area contributed by atoms with Crippen molar-refractivity contribution in [2.24, 2.45) is 0 Å². The second-order valence-electron chi connectivity index (χ2n) is 26.4. The lowest BCUT2D eigenvalue weighted by Crippen LogP contribution is -2.30. The second kappa shape index (κ2) is 18.2. The first-order chi connectivity index (χ1) is 44.1. The molecule has 0 amide bonds. The lowest BCUT2D eigenvalue weighted by atomic mass is 9.66. The van der Waals surface area contributed by atoms with Gasteiger partial charge in [-0.25, -0.2) is 0 Å². The molecule has 0 fully saturated rings. The van der Waals surface area contributed by atoms with Crippen molar-refractivity contribution >= 4 is 60.9 Å². The van der Waals surface area contributed by atoms with Crippen molar-refractivity contribution in [3.8, 4) is 44.5 Å². The number of furan rings is 2. The largest absolute Gasteiger partial charge is 0.456 e. The van der Waals surface area contributed by atoms with Gasteiger partial charge in [-0.05, 0) is 186 Å². The van der Waals surface area contributed by atoms with Crippen LogP contribution >= 0.6 is 0 Å². The standard InChI is InChI=1S/C86H60N2O2/c1-51-36-38-55(39-37-51)88(56-41-43-60-67(47-56)84(4,5)80-77(60)78-62-31-17-20-34-72(62)90-82(78)79-59-29-15-18-32-65(59)83(2,3)81(79)80)57-40-42-58-63-49-70-64(50-69(63)86(68(58)48-57,54-27-13-8-14-28-54)74-35-21-22-46-87-74)75-66(44-45-73-76(75)61-30-16-19-33-71(61)89-73)85(70,52-23-9-6-10-24-52)53-25-11-7-12-26-53/h6-50H,1-5H3. The molecule has 426 valence electrons. The molecule has 3 aromatic heterocycles. The van der Waals surface area contributed by atoms with Crippen LogP contribution in [0.3, 0.4) is 0 Å². The third kappa shape index (κ3) is 6.47. The van der Waals surface area contributed by atoms with Gasteiger partial charge < -0.3 is 13.7 Å². The van der Waals surface area contributed by atoms with Crippen LogP contribution in [0.15, 0.2) is 282 Å². The number of aryl methyl sites for hydroxylation is 1. The van der Waals surface area contributed by atoms with Crippen LogP contribution in [0.5, 0.6) is 0 Å². The summed E-state index contributed by atoms with van der Waals surface area (Å²) >= 11 is 0. The van der Waals surface area contributed by atoms with E-state index in [0.717, 1.165) is 66.8 Å². The molecular weight excluding hydrogens is 1090 g/mol. The molecule has 4 aliphatic rings. The molecule has 1 unspecified atom stereocenters. The molecule has 19 rings (SSSR count). The third-order valence-corrected chi connectivity index (χ3v) is 21.2. The summed E-state index contributed by atoms with van der Waals surface area (Å²) in [4.78, 5) is 7.97. The Morgan fingerprint density at radius 3 is 1.54 bits per heavy atom. The maximum Gasteiger partial charge on any atom is 0.144 e. The van der Waals surface area contributed by atoms with E-state index >= 15 is 0 Å². The summed E-state index contributed by atoms with van der Waals surface area (Å²) in [6, 6.07) is 99.5. The van der Waals surface area contributed by atoms with Crippen molar-refractivity contribution in [2.75, 3.05) is 4.90 Å². The van der Waals surface area contributed by atoms with Gasteiger partial charge in [0.1, 0.15) is 22.3 Å². The molecule has 15 aromatic rings. The maximum absolute atomic E-state index is 7.08. The van der Waals surface area contributed by atoms with Gasteiger partial charge in [0.25, 0.3) is 0 Å². The predicted octanol–water partition coefficient (Wildman–Crippen LogP) is 22.0. The molecule has 3 heterocycles. The van der Waals surface area contributed by atoms with Gasteiger partial charge in [-0.1, -0.05) is 221 Å². The van der Waals surface area contributed by atoms with Gasteiger partial charge in [-0.15, -0.1) is 0 Å². The van der Waals surface area contributed by atoms with E-state index in [4.69, 9.17) is 13.8 Å². The molecule has 4 nitrogen and oxygen atoms in total. The summed E-state index contributed by atoms with van der Waals surface area (Å²) < 4.78 is 13.9. The molecule has 90 heavy (non-hydrogen) atoms. The number of anilines is 3. The number of hydrogen-bond donors (Lipinski definition) is 0. The minimum atomic E-state index is -0.862. The van der Waals surface area contributed by atoms with Crippen molar-refractivity contribution in [3.05, 3.63) is 346 Å². The zero-order valence-corrected chi connectivity index (χ0v) is 50.7. The minimum absolute atomic E-state index is 0.270. The fourth-order valence-corrected chi connectivity index (χ4v) is 17.5. The fourth-order valence-electron chi connectivity index (χ4n) is 17.5. The summed E-state index contributed by atoms with van der Waals surface area (Å²) in [7, 11) is 0. The van der Waals surface area contributed by atoms with Crippen LogP contribution in [0.4, 0.5) is 17.1 Å². The highest BCUT2D eigenvalue weighted by atomic mass is 16.3. The quantitative estimate of drug-likeness (QED) is 0.159. The number of fused-ring (bicyclic) bond motifs is 22. The van der Waals surface area contributed by atoms with Gasteiger partial charge in [0.15, 0.2) is 0 Å². The van der Waals surface area contributed by atoms with Gasteiger partial charge in [-0.3, -0.25) is 4.98 Å². The van der Waals surface area contributed by atoms with Gasteiger partial charge in [0, 0.05) is 61.2 Å². The van der Waals surface area contributed by atoms with Gasteiger partial charge in [-0.2, -0.15) is 0 Å². The van der Waals surface area contributed by atoms with Gasteiger partial charge in [0.2, 0.25) is 0 Å². The Morgan fingerprint density at radius 1 is 0.333 bits per heavy atom. The van der Waals surface area contributed by atoms with Crippen LogP contribution in [0.1, 0.15) is 100 Å². The Kier molecular flexibility index (Phi) is 10.3. The Labute approximate surface area is 523 Å². The van der Waals surface area contributed by atoms with E-state index < -0.39 is 16.2 Å². The van der Waals surface area contributed by atoms with Crippen molar-refractivity contribution in [2.45, 2.75) is 56.3 Å². The summed E-state index contributed by atoms with van der Waals surface area (Å²) in [5.41, 5.74) is 30.5. The van der Waals surface area contributed by atoms with E-state index in [9.17, 15) is 0 Å². The van der Waals surface area contributed by atoms with E-state index in [2.05, 4.69) is 300 Å². The molecule has 0 bridgehead atoms. The Hall–Kier alpha value is -10.8. The summed E-state index contributed by atoms with van der Waals surface area (Å²) in [5, 5.41) is 4.60. The molecule has 0 saturated heterocycles. The van der Waals surface area contributed by atoms with Crippen molar-refractivity contribution in [1.29, 1.82) is 0 Å². The molecule has 0 aliphatic heterocycles. The van der Waals surface area contributed by atoms with E-state index in [1.165, 1.54) is 111 Å². The minimum Gasteiger partial charge on any atom is -0.456 e. The number of para-hydroxylation sites is 2. The summed E-state index contributed by atoms with van der Waals surface area (Å²) in [5.74, 6) is 0. The summed E-state index contributed by atoms with van der Waals surface area (Å²) in [6.45, 7) is 11.9. The smallest absolute Gasteiger partial charge is 0.144 e. The maximum atomic E-state index is 7.08. The Morgan fingerprint density at radius 2 is 0.856 bits per heavy atom. The van der Waals surface area contributed by atoms with Crippen LogP contribution < -0.4 is 4.90 Å². The molecule has 0 N–H and O–H groups in total. The first-order valence-electron chi connectivity index (χ1n) is 31.6. The van der Waals surface area contributed by atoms with E-state index in [1.54, 1.807) is 0 Å². The summed E-state index contributed by atoms with van der Waals surface area (Å²) in [6.07, 6.45) is 1.97. The van der Waals surface area contributed by atoms with Crippen LogP contribution in [0.2, 0.25) is 0 Å². The average Bonchev–Trinajstić information content (AvgIpc) is 1.51. The molecule has 4 heteroatoms. The van der Waals surface area contributed by atoms with Crippen molar-refractivity contribution in [1.82, 2.24) is 4.98 Å². The predicted molar refractivity (Wildman–Crippen MR) is 368 cm³/mol. The van der Waals surface area contributed by atoms with Crippen molar-refractivity contribution in [3.63, 3.8) is 0 Å². The highest BCUT2D eigenvalue weighted by Crippen LogP contribution is 2.67. The molecular formula is C86H60N2O2. The Balaban J connectivity index is 0.882. The molecule has 0 saturated carbocycles. The number of aromatic nitrogens is 1. The first kappa shape index (κ1) is 51.3.